The van der Waals surface area contributed by atoms with Crippen LogP contribution < -0.4 is 11.5 Å². The molecule has 2 bridgehead atoms. The summed E-state index contributed by atoms with van der Waals surface area (Å²) in [5.74, 6) is 0.369. The first-order valence-electron chi connectivity index (χ1n) is 13.8. The minimum Gasteiger partial charge on any atom is -0.382 e. The van der Waals surface area contributed by atoms with E-state index in [1.807, 2.05) is 6.92 Å². The van der Waals surface area contributed by atoms with Crippen LogP contribution in [-0.2, 0) is 48.7 Å². The number of methoxy groups -OCH3 is 1. The molecule has 0 saturated carbocycles. The number of hydrogen-bond acceptors (Lipinski definition) is 17. The van der Waals surface area contributed by atoms with Gasteiger partial charge in [-0.25, -0.2) is 29.9 Å². The van der Waals surface area contributed by atoms with Gasteiger partial charge in [-0.3, -0.25) is 13.7 Å². The van der Waals surface area contributed by atoms with Crippen LogP contribution in [0.1, 0.15) is 32.2 Å². The van der Waals surface area contributed by atoms with Crippen LogP contribution >= 0.6 is 15.0 Å². The number of nitrogens with two attached hydrogens (primary N) is 2. The Morgan fingerprint density at radius 2 is 1.73 bits per heavy atom. The fourth-order valence-corrected chi connectivity index (χ4v) is 8.14. The van der Waals surface area contributed by atoms with Crippen LogP contribution in [0.3, 0.4) is 0 Å². The zero-order valence-corrected chi connectivity index (χ0v) is 26.5. The summed E-state index contributed by atoms with van der Waals surface area (Å²) in [6, 6.07) is 0. The molecular formula is C23H29N10O9P2S+. The molecule has 0 amide bonds. The number of hydrogen-bond donors (Lipinski definition) is 3. The lowest BCUT2D eigenvalue weighted by atomic mass is 9.93. The molecule has 2 unspecified atom stereocenters. The first kappa shape index (κ1) is 30.8. The van der Waals surface area contributed by atoms with E-state index in [4.69, 9.17) is 55.6 Å². The zero-order chi connectivity index (χ0) is 31.5. The molecule has 19 nitrogen and oxygen atoms in total. The van der Waals surface area contributed by atoms with Crippen LogP contribution in [0.5, 0.6) is 0 Å². The lowest BCUT2D eigenvalue weighted by molar-refractivity contribution is -0.124. The first-order valence-corrected chi connectivity index (χ1v) is 17.5. The highest BCUT2D eigenvalue weighted by atomic mass is 32.5. The summed E-state index contributed by atoms with van der Waals surface area (Å²) in [6.45, 7) is -2.60. The maximum Gasteiger partial charge on any atom is 0.697 e. The van der Waals surface area contributed by atoms with E-state index in [-0.39, 0.29) is 37.7 Å². The summed E-state index contributed by atoms with van der Waals surface area (Å²) in [5.41, 5.74) is 12.1. The van der Waals surface area contributed by atoms with Crippen molar-refractivity contribution in [1.29, 1.82) is 0 Å². The van der Waals surface area contributed by atoms with E-state index >= 15 is 0 Å². The summed E-state index contributed by atoms with van der Waals surface area (Å²) in [5, 5.41) is 0. The molecule has 0 aliphatic carbocycles. The van der Waals surface area contributed by atoms with Crippen LogP contribution in [0.25, 0.3) is 22.3 Å². The van der Waals surface area contributed by atoms with Crippen LogP contribution in [0, 0.1) is 0 Å². The quantitative estimate of drug-likeness (QED) is 0.258. The molecule has 4 aromatic heterocycles. The number of anilines is 2. The molecule has 4 aromatic rings. The standard InChI is InChI=1S/C23H28N10O9P2S/c1-3-23-6-37-43(34)41-12-4-11(39-21(12)32-9-30-13-17(24)26-7-28-19(13)32)5-38-44(35,45)42-16(23)15(36-2)22(40-23)33-10-31-14-18(25)27-8-29-20(14)33/h7-12,15-16,21-22H,3-6H2,1-2H3,(H4-,24,25,26,27,28,29,35,45)/p+1/t11-,12+,15+,16-,21+,22+,23+,44?/m0/s1. The van der Waals surface area contributed by atoms with Crippen molar-refractivity contribution >= 4 is 60.7 Å². The van der Waals surface area contributed by atoms with Gasteiger partial charge >= 0.3 is 15.0 Å². The second-order valence-electron chi connectivity index (χ2n) is 10.6. The molecule has 7 rings (SSSR count). The van der Waals surface area contributed by atoms with E-state index in [0.29, 0.717) is 22.3 Å². The third-order valence-corrected chi connectivity index (χ3v) is 10.4. The second-order valence-corrected chi connectivity index (χ2v) is 14.3. The van der Waals surface area contributed by atoms with Gasteiger partial charge in [0.2, 0.25) is 0 Å². The van der Waals surface area contributed by atoms with E-state index in [0.717, 1.165) is 0 Å². The van der Waals surface area contributed by atoms with Crippen LogP contribution in [0.4, 0.5) is 11.6 Å². The topological polar surface area (TPSA) is 241 Å². The highest BCUT2D eigenvalue weighted by Gasteiger charge is 2.60. The summed E-state index contributed by atoms with van der Waals surface area (Å²) in [7, 11) is -1.28. The van der Waals surface area contributed by atoms with Crippen molar-refractivity contribution in [2.45, 2.75) is 62.2 Å². The zero-order valence-electron chi connectivity index (χ0n) is 23.9. The van der Waals surface area contributed by atoms with E-state index in [1.54, 1.807) is 9.13 Å². The third-order valence-electron chi connectivity index (χ3n) is 8.10. The van der Waals surface area contributed by atoms with Crippen molar-refractivity contribution < 1.29 is 41.8 Å². The Bertz CT molecular complexity index is 1810. The van der Waals surface area contributed by atoms with E-state index < -0.39 is 57.4 Å². The highest BCUT2D eigenvalue weighted by molar-refractivity contribution is 8.07. The molecule has 3 aliphatic rings. The number of aromatic nitrogens is 8. The molecule has 3 aliphatic heterocycles. The monoisotopic (exact) mass is 683 g/mol. The number of rotatable bonds is 4. The fraction of sp³-hybridized carbons (Fsp3) is 0.565. The Balaban J connectivity index is 1.22. The maximum absolute atomic E-state index is 13.4. The summed E-state index contributed by atoms with van der Waals surface area (Å²) in [4.78, 5) is 36.5. The van der Waals surface area contributed by atoms with Crippen LogP contribution in [0.2, 0.25) is 0 Å². The second kappa shape index (κ2) is 11.7. The van der Waals surface area contributed by atoms with Gasteiger partial charge in [-0.2, -0.15) is 0 Å². The van der Waals surface area contributed by atoms with Crippen molar-refractivity contribution in [3.8, 4) is 0 Å². The summed E-state index contributed by atoms with van der Waals surface area (Å²) >= 11 is 5.46. The van der Waals surface area contributed by atoms with Crippen LogP contribution in [0.15, 0.2) is 25.3 Å². The summed E-state index contributed by atoms with van der Waals surface area (Å²) in [6.07, 6.45) is 0.898. The average Bonchev–Trinajstić information content (AvgIpc) is 3.79. The van der Waals surface area contributed by atoms with Crippen molar-refractivity contribution in [3.05, 3.63) is 25.3 Å². The minimum atomic E-state index is -3.96. The molecule has 22 heteroatoms. The molecule has 240 valence electrons. The van der Waals surface area contributed by atoms with Gasteiger partial charge in [0, 0.05) is 18.1 Å². The van der Waals surface area contributed by atoms with Gasteiger partial charge in [-0.05, 0) is 18.2 Å². The number of ether oxygens (including phenoxy) is 3. The molecular weight excluding hydrogens is 654 g/mol. The lowest BCUT2D eigenvalue weighted by Gasteiger charge is -2.33. The SMILES string of the molecule is CC[C@@]12CO[P+](=O)O[C@@H]3C[C@@H](COP(O)(=S)O[C@H]1[C@@H](OC)[C@H](n1cnc4c(N)ncnc41)O2)O[C@H]3n1cnc2c(N)ncnc21. The van der Waals surface area contributed by atoms with Gasteiger partial charge < -0.3 is 35.1 Å². The van der Waals surface area contributed by atoms with Gasteiger partial charge in [0.1, 0.15) is 48.1 Å². The Labute approximate surface area is 260 Å². The number of nitrogens with zero attached hydrogens (tertiary/aromatic N) is 8. The van der Waals surface area contributed by atoms with E-state index in [9.17, 15) is 9.46 Å². The molecule has 5 N–H and O–H groups in total. The first-order chi connectivity index (χ1) is 21.6. The Kier molecular flexibility index (Phi) is 8.02. The maximum atomic E-state index is 13.4. The fourth-order valence-electron chi connectivity index (χ4n) is 5.87. The number of fused-ring (bicyclic) bond motifs is 5. The molecule has 0 radical (unpaired) electrons. The predicted octanol–water partition coefficient (Wildman–Crippen LogP) is 1.50. The minimum absolute atomic E-state index is 0.165. The highest BCUT2D eigenvalue weighted by Crippen LogP contribution is 2.54. The van der Waals surface area contributed by atoms with Crippen molar-refractivity contribution in [2.24, 2.45) is 0 Å². The molecule has 45 heavy (non-hydrogen) atoms. The van der Waals surface area contributed by atoms with Gasteiger partial charge in [0.15, 0.2) is 41.5 Å². The summed E-state index contributed by atoms with van der Waals surface area (Å²) < 4.78 is 58.9. The van der Waals surface area contributed by atoms with Gasteiger partial charge in [0.25, 0.3) is 0 Å². The largest absolute Gasteiger partial charge is 0.697 e. The average molecular weight is 684 g/mol. The Morgan fingerprint density at radius 3 is 2.36 bits per heavy atom. The Hall–Kier alpha value is -2.87. The number of nitrogen functional groups attached to an aromatic ring is 2. The number of imidazole rings is 2. The van der Waals surface area contributed by atoms with Crippen molar-refractivity contribution in [3.63, 3.8) is 0 Å². The molecule has 3 fully saturated rings. The van der Waals surface area contributed by atoms with Gasteiger partial charge in [-0.1, -0.05) is 6.92 Å². The molecule has 0 aromatic carbocycles. The van der Waals surface area contributed by atoms with Crippen molar-refractivity contribution in [2.75, 3.05) is 31.8 Å². The van der Waals surface area contributed by atoms with Gasteiger partial charge in [-0.15, -0.1) is 9.05 Å². The Morgan fingerprint density at radius 1 is 1.09 bits per heavy atom. The van der Waals surface area contributed by atoms with Crippen LogP contribution in [-0.4, -0.2) is 94.3 Å². The van der Waals surface area contributed by atoms with Gasteiger partial charge in [0.05, 0.1) is 25.4 Å². The lowest BCUT2D eigenvalue weighted by Crippen LogP contribution is -2.48. The normalized spacial score (nSPS) is 35.2. The predicted molar refractivity (Wildman–Crippen MR) is 158 cm³/mol. The van der Waals surface area contributed by atoms with E-state index in [2.05, 4.69) is 29.9 Å². The van der Waals surface area contributed by atoms with E-state index in [1.165, 1.54) is 32.4 Å². The molecule has 3 saturated heterocycles. The molecule has 7 heterocycles. The molecule has 9 atom stereocenters. The third kappa shape index (κ3) is 5.39. The smallest absolute Gasteiger partial charge is 0.382 e. The molecule has 0 spiro atoms. The van der Waals surface area contributed by atoms with Crippen molar-refractivity contribution in [1.82, 2.24) is 39.0 Å².